The molecule has 1 atom stereocenters. The fourth-order valence-electron chi connectivity index (χ4n) is 1.70. The van der Waals surface area contributed by atoms with Crippen molar-refractivity contribution in [2.75, 3.05) is 0 Å². The van der Waals surface area contributed by atoms with Crippen LogP contribution in [-0.2, 0) is 0 Å². The number of nitrogens with zero attached hydrogens (tertiary/aromatic N) is 3. The van der Waals surface area contributed by atoms with E-state index in [9.17, 15) is 4.79 Å². The molecule has 3 aliphatic rings. The van der Waals surface area contributed by atoms with Gasteiger partial charge in [-0.15, -0.1) is 0 Å². The SMILES string of the molecule is O=C1N=CC23NC=NC2=CC=CC3=N1. The minimum atomic E-state index is -0.595. The molecule has 0 aromatic rings. The van der Waals surface area contributed by atoms with Crippen LogP contribution in [0.1, 0.15) is 0 Å². The van der Waals surface area contributed by atoms with Gasteiger partial charge in [-0.3, -0.25) is 0 Å². The van der Waals surface area contributed by atoms with Crippen molar-refractivity contribution >= 4 is 24.3 Å². The van der Waals surface area contributed by atoms with Gasteiger partial charge in [-0.25, -0.2) is 14.8 Å². The second-order valence-electron chi connectivity index (χ2n) is 3.16. The predicted molar refractivity (Wildman–Crippen MR) is 52.9 cm³/mol. The second-order valence-corrected chi connectivity index (χ2v) is 3.16. The molecule has 0 fully saturated rings. The normalized spacial score (nSPS) is 31.9. The largest absolute Gasteiger partial charge is 0.367 e. The molecule has 0 bridgehead atoms. The fourth-order valence-corrected chi connectivity index (χ4v) is 1.70. The molecule has 1 N–H and O–H groups in total. The lowest BCUT2D eigenvalue weighted by Gasteiger charge is -2.29. The summed E-state index contributed by atoms with van der Waals surface area (Å²) in [5, 5.41) is 3.05. The Morgan fingerprint density at radius 1 is 1.36 bits per heavy atom. The molecule has 0 saturated heterocycles. The van der Waals surface area contributed by atoms with E-state index in [1.54, 1.807) is 18.6 Å². The molecule has 0 saturated carbocycles. The first-order chi connectivity index (χ1) is 6.81. The minimum Gasteiger partial charge on any atom is -0.356 e. The molecule has 0 radical (unpaired) electrons. The number of urea groups is 1. The van der Waals surface area contributed by atoms with Crippen LogP contribution < -0.4 is 5.32 Å². The van der Waals surface area contributed by atoms with Crippen LogP contribution in [0.15, 0.2) is 38.9 Å². The molecule has 68 valence electrons. The predicted octanol–water partition coefficient (Wildman–Crippen LogP) is 0.456. The number of allylic oxidation sites excluding steroid dienone is 2. The number of nitrogens with one attached hydrogen (secondary N) is 1. The molecule has 0 aromatic heterocycles. The Bertz CT molecular complexity index is 469. The van der Waals surface area contributed by atoms with Crippen LogP contribution in [0.5, 0.6) is 0 Å². The van der Waals surface area contributed by atoms with E-state index >= 15 is 0 Å². The van der Waals surface area contributed by atoms with Crippen LogP contribution in [0, 0.1) is 0 Å². The summed E-state index contributed by atoms with van der Waals surface area (Å²) in [4.78, 5) is 22.7. The Morgan fingerprint density at radius 3 is 3.21 bits per heavy atom. The van der Waals surface area contributed by atoms with Crippen LogP contribution in [0.4, 0.5) is 4.79 Å². The first-order valence-electron chi connectivity index (χ1n) is 4.19. The lowest BCUT2D eigenvalue weighted by Crippen LogP contribution is -2.52. The maximum Gasteiger partial charge on any atom is 0.367 e. The van der Waals surface area contributed by atoms with E-state index in [0.29, 0.717) is 5.71 Å². The van der Waals surface area contributed by atoms with E-state index in [1.807, 2.05) is 12.2 Å². The quantitative estimate of drug-likeness (QED) is 0.597. The van der Waals surface area contributed by atoms with Crippen LogP contribution in [0.2, 0.25) is 0 Å². The van der Waals surface area contributed by atoms with Crippen molar-refractivity contribution in [2.45, 2.75) is 5.54 Å². The fraction of sp³-hybridized carbons (Fsp3) is 0.111. The van der Waals surface area contributed by atoms with Crippen molar-refractivity contribution in [3.05, 3.63) is 23.9 Å². The summed E-state index contributed by atoms with van der Waals surface area (Å²) in [7, 11) is 0. The summed E-state index contributed by atoms with van der Waals surface area (Å²) < 4.78 is 0. The van der Waals surface area contributed by atoms with Crippen LogP contribution in [-0.4, -0.2) is 29.8 Å². The van der Waals surface area contributed by atoms with E-state index in [0.717, 1.165) is 5.70 Å². The highest BCUT2D eigenvalue weighted by Crippen LogP contribution is 2.28. The van der Waals surface area contributed by atoms with E-state index in [2.05, 4.69) is 20.3 Å². The zero-order chi connectivity index (χ0) is 9.60. The van der Waals surface area contributed by atoms with Crippen molar-refractivity contribution in [3.63, 3.8) is 0 Å². The number of rotatable bonds is 0. The Balaban J connectivity index is 2.21. The molecule has 5 nitrogen and oxygen atoms in total. The molecule has 2 aliphatic heterocycles. The minimum absolute atomic E-state index is 0.467. The van der Waals surface area contributed by atoms with Gasteiger partial charge in [-0.05, 0) is 12.2 Å². The van der Waals surface area contributed by atoms with Crippen molar-refractivity contribution in [2.24, 2.45) is 15.0 Å². The van der Waals surface area contributed by atoms with Crippen LogP contribution in [0.3, 0.4) is 0 Å². The Hall–Kier alpha value is -2.04. The van der Waals surface area contributed by atoms with Gasteiger partial charge in [-0.1, -0.05) is 6.08 Å². The van der Waals surface area contributed by atoms with Gasteiger partial charge in [-0.2, -0.15) is 4.99 Å². The first-order valence-corrected chi connectivity index (χ1v) is 4.19. The van der Waals surface area contributed by atoms with Gasteiger partial charge >= 0.3 is 6.03 Å². The Kier molecular flexibility index (Phi) is 1.19. The summed E-state index contributed by atoms with van der Waals surface area (Å²) in [5.74, 6) is 0. The van der Waals surface area contributed by atoms with Gasteiger partial charge in [0.15, 0.2) is 5.54 Å². The zero-order valence-electron chi connectivity index (χ0n) is 7.14. The smallest absolute Gasteiger partial charge is 0.356 e. The molecule has 5 heteroatoms. The van der Waals surface area contributed by atoms with Gasteiger partial charge in [0, 0.05) is 6.21 Å². The van der Waals surface area contributed by atoms with E-state index < -0.39 is 11.6 Å². The highest BCUT2D eigenvalue weighted by atomic mass is 16.2. The Morgan fingerprint density at radius 2 is 2.29 bits per heavy atom. The average molecular weight is 186 g/mol. The van der Waals surface area contributed by atoms with Crippen molar-refractivity contribution < 1.29 is 4.79 Å². The summed E-state index contributed by atoms with van der Waals surface area (Å²) in [6.07, 6.45) is 8.63. The van der Waals surface area contributed by atoms with Crippen molar-refractivity contribution in [1.29, 1.82) is 0 Å². The molecule has 2 amide bonds. The molecule has 14 heavy (non-hydrogen) atoms. The number of amides is 2. The third kappa shape index (κ3) is 0.736. The van der Waals surface area contributed by atoms with Crippen LogP contribution in [0.25, 0.3) is 0 Å². The summed E-state index contributed by atoms with van der Waals surface area (Å²) in [5.41, 5.74) is 0.866. The van der Waals surface area contributed by atoms with E-state index in [1.165, 1.54) is 0 Å². The average Bonchev–Trinajstić information content (AvgIpc) is 2.59. The number of carbonyl (C=O) groups excluding carboxylic acids is 1. The molecule has 3 rings (SSSR count). The molecular weight excluding hydrogens is 180 g/mol. The van der Waals surface area contributed by atoms with Crippen LogP contribution >= 0.6 is 0 Å². The van der Waals surface area contributed by atoms with Gasteiger partial charge in [0.05, 0.1) is 17.7 Å². The summed E-state index contributed by atoms with van der Waals surface area (Å²) in [6.45, 7) is 0. The highest BCUT2D eigenvalue weighted by molar-refractivity contribution is 6.25. The molecule has 1 unspecified atom stereocenters. The number of hydrogen-bond donors (Lipinski definition) is 1. The highest BCUT2D eigenvalue weighted by Gasteiger charge is 2.43. The first kappa shape index (κ1) is 7.37. The summed E-state index contributed by atoms with van der Waals surface area (Å²) in [6, 6.07) is -0.467. The Labute approximate surface area is 79.7 Å². The standard InChI is InChI=1S/C9H6N4O/c14-8-10-4-9-6(11-5-12-9)2-1-3-7(9)13-8/h1-5H,(H,11,12). The van der Waals surface area contributed by atoms with Gasteiger partial charge < -0.3 is 5.32 Å². The molecule has 1 spiro atoms. The monoisotopic (exact) mass is 186 g/mol. The van der Waals surface area contributed by atoms with Gasteiger partial charge in [0.25, 0.3) is 0 Å². The molecular formula is C9H6N4O. The van der Waals surface area contributed by atoms with Gasteiger partial charge in [0.2, 0.25) is 0 Å². The van der Waals surface area contributed by atoms with E-state index in [-0.39, 0.29) is 0 Å². The number of aliphatic imine (C=N–C) groups is 3. The molecule has 0 aromatic carbocycles. The number of carbonyl (C=O) groups is 1. The second kappa shape index (κ2) is 2.25. The zero-order valence-corrected chi connectivity index (χ0v) is 7.14. The molecule has 2 heterocycles. The van der Waals surface area contributed by atoms with Crippen molar-refractivity contribution in [1.82, 2.24) is 5.32 Å². The topological polar surface area (TPSA) is 66.2 Å². The summed E-state index contributed by atoms with van der Waals surface area (Å²) >= 11 is 0. The third-order valence-corrected chi connectivity index (χ3v) is 2.40. The maximum absolute atomic E-state index is 11.0. The lowest BCUT2D eigenvalue weighted by atomic mass is 9.87. The third-order valence-electron chi connectivity index (χ3n) is 2.40. The number of hydrogen-bond acceptors (Lipinski definition) is 3. The lowest BCUT2D eigenvalue weighted by molar-refractivity contribution is 0.256. The maximum atomic E-state index is 11.0. The van der Waals surface area contributed by atoms with Gasteiger partial charge in [0.1, 0.15) is 0 Å². The van der Waals surface area contributed by atoms with E-state index in [4.69, 9.17) is 0 Å². The molecule has 1 aliphatic carbocycles. The van der Waals surface area contributed by atoms with Crippen molar-refractivity contribution in [3.8, 4) is 0 Å².